The van der Waals surface area contributed by atoms with Gasteiger partial charge in [0.25, 0.3) is 11.8 Å². The lowest BCUT2D eigenvalue weighted by Crippen LogP contribution is -2.27. The molecule has 1 N–H and O–H groups in total. The van der Waals surface area contributed by atoms with E-state index < -0.39 is 0 Å². The second-order valence-corrected chi connectivity index (χ2v) is 7.69. The molecule has 0 aliphatic rings. The summed E-state index contributed by atoms with van der Waals surface area (Å²) in [4.78, 5) is 26.3. The molecule has 0 aliphatic heterocycles. The van der Waals surface area contributed by atoms with Crippen molar-refractivity contribution >= 4 is 23.4 Å². The van der Waals surface area contributed by atoms with Gasteiger partial charge >= 0.3 is 0 Å². The van der Waals surface area contributed by atoms with E-state index in [0.717, 1.165) is 11.1 Å². The predicted octanol–water partition coefficient (Wildman–Crippen LogP) is 3.83. The third-order valence-electron chi connectivity index (χ3n) is 4.94. The van der Waals surface area contributed by atoms with Crippen LogP contribution in [-0.2, 0) is 13.1 Å². The van der Waals surface area contributed by atoms with Crippen molar-refractivity contribution in [3.8, 4) is 0 Å². The van der Waals surface area contributed by atoms with Gasteiger partial charge in [0.05, 0.1) is 17.8 Å². The van der Waals surface area contributed by atoms with Crippen LogP contribution in [0.5, 0.6) is 0 Å². The van der Waals surface area contributed by atoms with Gasteiger partial charge in [-0.2, -0.15) is 5.10 Å². The lowest BCUT2D eigenvalue weighted by molar-refractivity contribution is 0.0784. The van der Waals surface area contributed by atoms with Gasteiger partial charge in [-0.25, -0.2) is 4.68 Å². The molecule has 1 heterocycles. The molecule has 30 heavy (non-hydrogen) atoms. The second kappa shape index (κ2) is 9.13. The number of carbonyl (C=O) groups excluding carboxylic acids is 2. The minimum absolute atomic E-state index is 0.144. The number of nitrogens with one attached hydrogen (secondary N) is 1. The summed E-state index contributed by atoms with van der Waals surface area (Å²) in [6.07, 6.45) is 0. The van der Waals surface area contributed by atoms with Crippen LogP contribution < -0.4 is 5.32 Å². The van der Waals surface area contributed by atoms with E-state index in [4.69, 9.17) is 11.6 Å². The van der Waals surface area contributed by atoms with Gasteiger partial charge in [0, 0.05) is 26.2 Å². The maximum atomic E-state index is 13.0. The van der Waals surface area contributed by atoms with Crippen molar-refractivity contribution in [3.05, 3.63) is 87.2 Å². The molecule has 0 aliphatic carbocycles. The van der Waals surface area contributed by atoms with Crippen molar-refractivity contribution in [3.63, 3.8) is 0 Å². The Hall–Kier alpha value is -3.12. The number of nitrogens with zero attached hydrogens (tertiary/aromatic N) is 3. The number of aryl methyl sites for hydroxylation is 2. The fourth-order valence-corrected chi connectivity index (χ4v) is 3.53. The van der Waals surface area contributed by atoms with Crippen LogP contribution >= 0.6 is 11.6 Å². The number of halogens is 1. The average Bonchev–Trinajstić information content (AvgIpc) is 3.02. The van der Waals surface area contributed by atoms with Crippen LogP contribution in [0.25, 0.3) is 0 Å². The summed E-state index contributed by atoms with van der Waals surface area (Å²) < 4.78 is 1.65. The van der Waals surface area contributed by atoms with Crippen molar-refractivity contribution in [2.45, 2.75) is 26.9 Å². The van der Waals surface area contributed by atoms with Crippen LogP contribution in [0.3, 0.4) is 0 Å². The standard InChI is InChI=1S/C23H25ClN4O2/c1-15-5-7-18(8-6-15)14-28-21(24)20(16(2)26-28)23(30)27(4)13-17-9-11-19(12-10-17)22(29)25-3/h5-12H,13-14H2,1-4H3,(H,25,29). The third-order valence-corrected chi connectivity index (χ3v) is 5.33. The van der Waals surface area contributed by atoms with Crippen LogP contribution in [0.1, 0.15) is 43.1 Å². The summed E-state index contributed by atoms with van der Waals surface area (Å²) in [7, 11) is 3.32. The van der Waals surface area contributed by atoms with Crippen molar-refractivity contribution in [1.29, 1.82) is 0 Å². The molecule has 0 atom stereocenters. The molecule has 0 saturated carbocycles. The van der Waals surface area contributed by atoms with Crippen molar-refractivity contribution in [2.75, 3.05) is 14.1 Å². The quantitative estimate of drug-likeness (QED) is 0.653. The van der Waals surface area contributed by atoms with Crippen LogP contribution in [-0.4, -0.2) is 40.6 Å². The third kappa shape index (κ3) is 4.71. The highest BCUT2D eigenvalue weighted by Crippen LogP contribution is 2.23. The normalized spacial score (nSPS) is 10.7. The van der Waals surface area contributed by atoms with Crippen LogP contribution in [0.4, 0.5) is 0 Å². The molecular formula is C23H25ClN4O2. The minimum Gasteiger partial charge on any atom is -0.355 e. The molecule has 0 fully saturated rings. The van der Waals surface area contributed by atoms with Gasteiger partial charge in [0.1, 0.15) is 5.15 Å². The van der Waals surface area contributed by atoms with Crippen molar-refractivity contribution in [1.82, 2.24) is 20.0 Å². The molecule has 2 aromatic carbocycles. The summed E-state index contributed by atoms with van der Waals surface area (Å²) in [5.41, 5.74) is 4.74. The molecule has 0 saturated heterocycles. The molecule has 0 unspecified atom stereocenters. The summed E-state index contributed by atoms with van der Waals surface area (Å²) in [6.45, 7) is 4.72. The zero-order chi connectivity index (χ0) is 21.8. The lowest BCUT2D eigenvalue weighted by Gasteiger charge is -2.17. The highest BCUT2D eigenvalue weighted by Gasteiger charge is 2.23. The highest BCUT2D eigenvalue weighted by atomic mass is 35.5. The second-order valence-electron chi connectivity index (χ2n) is 7.33. The molecule has 7 heteroatoms. The van der Waals surface area contributed by atoms with E-state index in [0.29, 0.717) is 35.1 Å². The van der Waals surface area contributed by atoms with Gasteiger partial charge in [-0.15, -0.1) is 0 Å². The number of hydrogen-bond acceptors (Lipinski definition) is 3. The average molecular weight is 425 g/mol. The summed E-state index contributed by atoms with van der Waals surface area (Å²) in [5, 5.41) is 7.39. The first-order valence-electron chi connectivity index (χ1n) is 9.65. The fraction of sp³-hybridized carbons (Fsp3) is 0.261. The zero-order valence-corrected chi connectivity index (χ0v) is 18.3. The Bertz CT molecular complexity index is 1060. The predicted molar refractivity (Wildman–Crippen MR) is 118 cm³/mol. The first-order chi connectivity index (χ1) is 14.3. The molecular weight excluding hydrogens is 400 g/mol. The van der Waals surface area contributed by atoms with E-state index in [9.17, 15) is 9.59 Å². The molecule has 2 amide bonds. The molecule has 6 nitrogen and oxygen atoms in total. The number of aromatic nitrogens is 2. The molecule has 1 aromatic heterocycles. The maximum Gasteiger partial charge on any atom is 0.258 e. The van der Waals surface area contributed by atoms with E-state index in [1.807, 2.05) is 43.3 Å². The van der Waals surface area contributed by atoms with E-state index in [-0.39, 0.29) is 11.8 Å². The van der Waals surface area contributed by atoms with Crippen LogP contribution in [0.2, 0.25) is 5.15 Å². The molecule has 3 aromatic rings. The Balaban J connectivity index is 1.75. The Morgan fingerprint density at radius 2 is 1.63 bits per heavy atom. The van der Waals surface area contributed by atoms with Gasteiger partial charge < -0.3 is 10.2 Å². The fourth-order valence-electron chi connectivity index (χ4n) is 3.21. The first kappa shape index (κ1) is 21.6. The number of benzene rings is 2. The number of hydrogen-bond donors (Lipinski definition) is 1. The van der Waals surface area contributed by atoms with Crippen molar-refractivity contribution in [2.24, 2.45) is 0 Å². The van der Waals surface area contributed by atoms with E-state index >= 15 is 0 Å². The Kier molecular flexibility index (Phi) is 6.57. The molecule has 3 rings (SSSR count). The topological polar surface area (TPSA) is 67.2 Å². The largest absolute Gasteiger partial charge is 0.355 e. The lowest BCUT2D eigenvalue weighted by atomic mass is 10.1. The summed E-state index contributed by atoms with van der Waals surface area (Å²) in [6, 6.07) is 15.3. The Labute approximate surface area is 181 Å². The number of rotatable bonds is 6. The van der Waals surface area contributed by atoms with Gasteiger partial charge in [-0.05, 0) is 37.1 Å². The van der Waals surface area contributed by atoms with E-state index in [2.05, 4.69) is 10.4 Å². The highest BCUT2D eigenvalue weighted by molar-refractivity contribution is 6.33. The van der Waals surface area contributed by atoms with E-state index in [1.165, 1.54) is 5.56 Å². The number of amides is 2. The molecule has 0 spiro atoms. The first-order valence-corrected chi connectivity index (χ1v) is 10.0. The molecule has 0 radical (unpaired) electrons. The van der Waals surface area contributed by atoms with Crippen molar-refractivity contribution < 1.29 is 9.59 Å². The van der Waals surface area contributed by atoms with Gasteiger partial charge in [0.2, 0.25) is 0 Å². The minimum atomic E-state index is -0.192. The Morgan fingerprint density at radius 1 is 1.03 bits per heavy atom. The van der Waals surface area contributed by atoms with Gasteiger partial charge in [-0.1, -0.05) is 53.6 Å². The monoisotopic (exact) mass is 424 g/mol. The molecule has 0 bridgehead atoms. The molecule has 156 valence electrons. The SMILES string of the molecule is CNC(=O)c1ccc(CN(C)C(=O)c2c(C)nn(Cc3ccc(C)cc3)c2Cl)cc1. The summed E-state index contributed by atoms with van der Waals surface area (Å²) >= 11 is 6.53. The van der Waals surface area contributed by atoms with Crippen LogP contribution in [0, 0.1) is 13.8 Å². The van der Waals surface area contributed by atoms with Gasteiger partial charge in [-0.3, -0.25) is 9.59 Å². The zero-order valence-electron chi connectivity index (χ0n) is 17.6. The van der Waals surface area contributed by atoms with Crippen LogP contribution in [0.15, 0.2) is 48.5 Å². The Morgan fingerprint density at radius 3 is 2.23 bits per heavy atom. The summed E-state index contributed by atoms with van der Waals surface area (Å²) in [5.74, 6) is -0.336. The van der Waals surface area contributed by atoms with E-state index in [1.54, 1.807) is 42.7 Å². The smallest absolute Gasteiger partial charge is 0.258 e. The van der Waals surface area contributed by atoms with Gasteiger partial charge in [0.15, 0.2) is 0 Å². The maximum absolute atomic E-state index is 13.0. The number of carbonyl (C=O) groups is 2.